The fourth-order valence-electron chi connectivity index (χ4n) is 2.40. The van der Waals surface area contributed by atoms with E-state index in [-0.39, 0.29) is 0 Å². The van der Waals surface area contributed by atoms with Crippen molar-refractivity contribution >= 4 is 5.91 Å². The highest BCUT2D eigenvalue weighted by atomic mass is 16.2. The van der Waals surface area contributed by atoms with Gasteiger partial charge in [-0.3, -0.25) is 4.79 Å². The highest BCUT2D eigenvalue weighted by molar-refractivity contribution is 5.76. The molecule has 0 aromatic heterocycles. The molecule has 1 saturated heterocycles. The predicted octanol–water partition coefficient (Wildman–Crippen LogP) is 1.24. The molecule has 1 saturated carbocycles. The lowest BCUT2D eigenvalue weighted by Crippen LogP contribution is -2.34. The molecule has 3 nitrogen and oxygen atoms in total. The fourth-order valence-corrected chi connectivity index (χ4v) is 2.40. The van der Waals surface area contributed by atoms with Crippen molar-refractivity contribution in [2.75, 3.05) is 20.1 Å². The van der Waals surface area contributed by atoms with E-state index < -0.39 is 0 Å². The number of amides is 1. The Labute approximate surface area is 92.2 Å². The van der Waals surface area contributed by atoms with Crippen LogP contribution in [0, 0.1) is 11.8 Å². The van der Waals surface area contributed by atoms with Gasteiger partial charge >= 0.3 is 0 Å². The number of nitrogens with zero attached hydrogens (tertiary/aromatic N) is 1. The van der Waals surface area contributed by atoms with Gasteiger partial charge in [0.15, 0.2) is 0 Å². The van der Waals surface area contributed by atoms with Gasteiger partial charge in [-0.25, -0.2) is 0 Å². The molecular weight excluding hydrogens is 188 g/mol. The summed E-state index contributed by atoms with van der Waals surface area (Å²) in [6.07, 6.45) is 4.39. The number of nitrogens with one attached hydrogen (secondary N) is 1. The molecule has 2 aliphatic rings. The highest BCUT2D eigenvalue weighted by Gasteiger charge is 2.34. The van der Waals surface area contributed by atoms with Gasteiger partial charge < -0.3 is 10.2 Å². The zero-order chi connectivity index (χ0) is 10.8. The van der Waals surface area contributed by atoms with E-state index >= 15 is 0 Å². The normalized spacial score (nSPS) is 34.1. The van der Waals surface area contributed by atoms with Crippen molar-refractivity contribution in [3.05, 3.63) is 0 Å². The minimum Gasteiger partial charge on any atom is -0.345 e. The lowest BCUT2D eigenvalue weighted by atomic mass is 10.1. The summed E-state index contributed by atoms with van der Waals surface area (Å²) in [4.78, 5) is 13.8. The van der Waals surface area contributed by atoms with Crippen molar-refractivity contribution in [2.24, 2.45) is 11.8 Å². The molecule has 2 fully saturated rings. The van der Waals surface area contributed by atoms with Crippen LogP contribution >= 0.6 is 0 Å². The number of rotatable bonds is 4. The first-order valence-electron chi connectivity index (χ1n) is 6.14. The molecule has 0 aromatic rings. The van der Waals surface area contributed by atoms with E-state index in [1.807, 2.05) is 11.9 Å². The molecule has 3 heteroatoms. The van der Waals surface area contributed by atoms with Gasteiger partial charge in [0, 0.05) is 26.1 Å². The van der Waals surface area contributed by atoms with Gasteiger partial charge in [0.1, 0.15) is 0 Å². The Morgan fingerprint density at radius 3 is 2.80 bits per heavy atom. The van der Waals surface area contributed by atoms with Gasteiger partial charge in [0.05, 0.1) is 0 Å². The lowest BCUT2D eigenvalue weighted by molar-refractivity contribution is -0.130. The maximum Gasteiger partial charge on any atom is 0.223 e. The van der Waals surface area contributed by atoms with E-state index in [0.717, 1.165) is 24.9 Å². The van der Waals surface area contributed by atoms with Crippen LogP contribution in [0.4, 0.5) is 0 Å². The summed E-state index contributed by atoms with van der Waals surface area (Å²) in [6.45, 7) is 4.32. The van der Waals surface area contributed by atoms with Crippen molar-refractivity contribution < 1.29 is 4.79 Å². The molecule has 15 heavy (non-hydrogen) atoms. The Balaban J connectivity index is 1.69. The maximum atomic E-state index is 11.9. The smallest absolute Gasteiger partial charge is 0.223 e. The Morgan fingerprint density at radius 2 is 2.27 bits per heavy atom. The van der Waals surface area contributed by atoms with E-state index in [0.29, 0.717) is 18.4 Å². The van der Waals surface area contributed by atoms with Crippen LogP contribution in [0.3, 0.4) is 0 Å². The third kappa shape index (κ3) is 2.94. The largest absolute Gasteiger partial charge is 0.345 e. The second-order valence-corrected chi connectivity index (χ2v) is 5.24. The second-order valence-electron chi connectivity index (χ2n) is 5.24. The fraction of sp³-hybridized carbons (Fsp3) is 0.917. The van der Waals surface area contributed by atoms with Crippen LogP contribution in [0.5, 0.6) is 0 Å². The first kappa shape index (κ1) is 10.9. The third-order valence-electron chi connectivity index (χ3n) is 3.79. The average molecular weight is 210 g/mol. The summed E-state index contributed by atoms with van der Waals surface area (Å²) in [7, 11) is 1.95. The van der Waals surface area contributed by atoms with E-state index in [9.17, 15) is 4.79 Å². The molecule has 1 N–H and O–H groups in total. The van der Waals surface area contributed by atoms with E-state index in [4.69, 9.17) is 0 Å². The third-order valence-corrected chi connectivity index (χ3v) is 3.79. The van der Waals surface area contributed by atoms with Gasteiger partial charge in [-0.2, -0.15) is 0 Å². The van der Waals surface area contributed by atoms with Crippen LogP contribution in [0.15, 0.2) is 0 Å². The molecule has 0 bridgehead atoms. The molecule has 0 spiro atoms. The Kier molecular flexibility index (Phi) is 3.29. The van der Waals surface area contributed by atoms with Crippen LogP contribution in [0.25, 0.3) is 0 Å². The summed E-state index contributed by atoms with van der Waals surface area (Å²) in [6, 6.07) is 0.441. The van der Waals surface area contributed by atoms with Crippen LogP contribution < -0.4 is 5.32 Å². The standard InChI is InChI=1S/C12H22N2O/c1-9-6-10(9)8-14(2)12(15)7-11-4-3-5-13-11/h9-11,13H,3-8H2,1-2H3. The van der Waals surface area contributed by atoms with Crippen molar-refractivity contribution in [3.63, 3.8) is 0 Å². The van der Waals surface area contributed by atoms with Crippen LogP contribution in [-0.4, -0.2) is 37.0 Å². The monoisotopic (exact) mass is 210 g/mol. The molecule has 0 aromatic carbocycles. The zero-order valence-corrected chi connectivity index (χ0v) is 9.83. The Morgan fingerprint density at radius 1 is 1.53 bits per heavy atom. The second kappa shape index (κ2) is 4.52. The molecule has 3 unspecified atom stereocenters. The maximum absolute atomic E-state index is 11.9. The molecule has 1 amide bonds. The quantitative estimate of drug-likeness (QED) is 0.757. The molecule has 1 heterocycles. The van der Waals surface area contributed by atoms with Crippen LogP contribution in [0.1, 0.15) is 32.6 Å². The molecule has 1 aliphatic heterocycles. The van der Waals surface area contributed by atoms with Gasteiger partial charge in [-0.05, 0) is 37.6 Å². The van der Waals surface area contributed by atoms with Crippen LogP contribution in [-0.2, 0) is 4.79 Å². The molecule has 2 rings (SSSR count). The van der Waals surface area contributed by atoms with Crippen molar-refractivity contribution in [1.82, 2.24) is 10.2 Å². The van der Waals surface area contributed by atoms with Crippen molar-refractivity contribution in [1.29, 1.82) is 0 Å². The number of carbonyl (C=O) groups is 1. The lowest BCUT2D eigenvalue weighted by Gasteiger charge is -2.19. The van der Waals surface area contributed by atoms with E-state index in [1.54, 1.807) is 0 Å². The minimum absolute atomic E-state index is 0.313. The van der Waals surface area contributed by atoms with Crippen LogP contribution in [0.2, 0.25) is 0 Å². The Bertz CT molecular complexity index is 236. The van der Waals surface area contributed by atoms with Gasteiger partial charge in [0.25, 0.3) is 0 Å². The molecule has 1 aliphatic carbocycles. The zero-order valence-electron chi connectivity index (χ0n) is 9.83. The SMILES string of the molecule is CC1CC1CN(C)C(=O)CC1CCCN1. The predicted molar refractivity (Wildman–Crippen MR) is 60.5 cm³/mol. The number of hydrogen-bond donors (Lipinski definition) is 1. The van der Waals surface area contributed by atoms with Crippen molar-refractivity contribution in [3.8, 4) is 0 Å². The molecule has 86 valence electrons. The number of hydrogen-bond acceptors (Lipinski definition) is 2. The summed E-state index contributed by atoms with van der Waals surface area (Å²) in [5.41, 5.74) is 0. The highest BCUT2D eigenvalue weighted by Crippen LogP contribution is 2.38. The topological polar surface area (TPSA) is 32.3 Å². The summed E-state index contributed by atoms with van der Waals surface area (Å²) < 4.78 is 0. The van der Waals surface area contributed by atoms with Gasteiger partial charge in [-0.15, -0.1) is 0 Å². The molecule has 3 atom stereocenters. The van der Waals surface area contributed by atoms with Gasteiger partial charge in [0.2, 0.25) is 5.91 Å². The first-order valence-corrected chi connectivity index (χ1v) is 6.14. The van der Waals surface area contributed by atoms with Gasteiger partial charge in [-0.1, -0.05) is 6.92 Å². The Hall–Kier alpha value is -0.570. The summed E-state index contributed by atoms with van der Waals surface area (Å²) >= 11 is 0. The summed E-state index contributed by atoms with van der Waals surface area (Å²) in [5.74, 6) is 1.92. The van der Waals surface area contributed by atoms with E-state index in [1.165, 1.54) is 19.3 Å². The summed E-state index contributed by atoms with van der Waals surface area (Å²) in [5, 5.41) is 3.37. The molecule has 0 radical (unpaired) electrons. The first-order chi connectivity index (χ1) is 7.16. The van der Waals surface area contributed by atoms with E-state index in [2.05, 4.69) is 12.2 Å². The average Bonchev–Trinajstić information content (AvgIpc) is 2.68. The molecular formula is C12H22N2O. The number of carbonyl (C=O) groups excluding carboxylic acids is 1. The minimum atomic E-state index is 0.313. The van der Waals surface area contributed by atoms with Crippen molar-refractivity contribution in [2.45, 2.75) is 38.6 Å².